The third-order valence-electron chi connectivity index (χ3n) is 5.74. The second-order valence-corrected chi connectivity index (χ2v) is 6.99. The molecule has 25 heavy (non-hydrogen) atoms. The summed E-state index contributed by atoms with van der Waals surface area (Å²) in [5, 5.41) is 7.73. The van der Waals surface area contributed by atoms with Gasteiger partial charge in [-0.1, -0.05) is 6.42 Å². The van der Waals surface area contributed by atoms with Crippen molar-refractivity contribution in [1.82, 2.24) is 24.6 Å². The summed E-state index contributed by atoms with van der Waals surface area (Å²) in [5.41, 5.74) is 4.41. The van der Waals surface area contributed by atoms with Gasteiger partial charge in [-0.05, 0) is 36.7 Å². The molecule has 2 aliphatic carbocycles. The summed E-state index contributed by atoms with van der Waals surface area (Å²) >= 11 is 0. The lowest BCUT2D eigenvalue weighted by molar-refractivity contribution is 0.277. The van der Waals surface area contributed by atoms with E-state index in [-0.39, 0.29) is 0 Å². The van der Waals surface area contributed by atoms with Crippen LogP contribution < -0.4 is 9.98 Å². The van der Waals surface area contributed by atoms with Crippen LogP contribution in [0.3, 0.4) is 0 Å². The predicted octanol–water partition coefficient (Wildman–Crippen LogP) is 1.45. The molecule has 2 fully saturated rings. The molecule has 1 atom stereocenters. The van der Waals surface area contributed by atoms with Crippen LogP contribution in [-0.2, 0) is 9.47 Å². The van der Waals surface area contributed by atoms with Crippen molar-refractivity contribution in [2.45, 2.75) is 31.6 Å². The largest absolute Gasteiger partial charge is 0.555 e. The molecular formula is C18H20N5O2+. The van der Waals surface area contributed by atoms with Gasteiger partial charge < -0.3 is 9.47 Å². The Hall–Kier alpha value is -2.79. The summed E-state index contributed by atoms with van der Waals surface area (Å²) in [6, 6.07) is 2.56. The van der Waals surface area contributed by atoms with E-state index < -0.39 is 0 Å². The highest BCUT2D eigenvalue weighted by atomic mass is 16.5. The molecule has 0 saturated heterocycles. The van der Waals surface area contributed by atoms with Gasteiger partial charge >= 0.3 is 11.9 Å². The highest BCUT2D eigenvalue weighted by Crippen LogP contribution is 2.70. The van der Waals surface area contributed by atoms with Gasteiger partial charge in [-0.2, -0.15) is 10.4 Å². The Labute approximate surface area is 145 Å². The number of amidine groups is 1. The van der Waals surface area contributed by atoms with E-state index in [2.05, 4.69) is 21.0 Å². The quantitative estimate of drug-likeness (QED) is 0.839. The molecule has 3 heterocycles. The number of methoxy groups -OCH3 is 2. The lowest BCUT2D eigenvalue weighted by atomic mass is 9.78. The maximum Gasteiger partial charge on any atom is 0.555 e. The molecule has 1 unspecified atom stereocenters. The van der Waals surface area contributed by atoms with Gasteiger partial charge in [0.2, 0.25) is 0 Å². The number of fused-ring (bicyclic) bond motifs is 1. The van der Waals surface area contributed by atoms with Crippen LogP contribution in [0.2, 0.25) is 0 Å². The van der Waals surface area contributed by atoms with E-state index in [1.54, 1.807) is 20.4 Å². The minimum Gasteiger partial charge on any atom is -0.453 e. The number of hydrogen-bond donors (Lipinski definition) is 1. The average molecular weight is 338 g/mol. The number of imidazole rings is 1. The molecule has 1 aliphatic heterocycles. The summed E-state index contributed by atoms with van der Waals surface area (Å²) < 4.78 is 16.8. The molecule has 1 spiro atoms. The molecule has 0 amide bonds. The van der Waals surface area contributed by atoms with Gasteiger partial charge in [-0.25, -0.2) is 9.50 Å². The van der Waals surface area contributed by atoms with Crippen LogP contribution in [0.4, 0.5) is 0 Å². The molecule has 2 aromatic heterocycles. The summed E-state index contributed by atoms with van der Waals surface area (Å²) in [4.78, 5) is 4.53. The van der Waals surface area contributed by atoms with Gasteiger partial charge in [0, 0.05) is 18.0 Å². The zero-order valence-corrected chi connectivity index (χ0v) is 14.3. The smallest absolute Gasteiger partial charge is 0.453 e. The Morgan fingerprint density at radius 3 is 2.88 bits per heavy atom. The van der Waals surface area contributed by atoms with E-state index >= 15 is 0 Å². The molecule has 2 saturated carbocycles. The third kappa shape index (κ3) is 2.09. The van der Waals surface area contributed by atoms with E-state index in [4.69, 9.17) is 14.6 Å². The van der Waals surface area contributed by atoms with E-state index in [9.17, 15) is 0 Å². The fourth-order valence-corrected chi connectivity index (χ4v) is 4.12. The Balaban J connectivity index is 1.62. The number of ether oxygens (including phenoxy) is 2. The standard InChI is InChI=1S/C18H19N5O2/c1-24-16-12(10-20-17(21-16)25-2)14-8-11(13-9-18(13)4-3-5-18)15-19-6-7-23(15)22-14/h6-8,10,13H,3-5,9H2,1-2H3/p+1. The fourth-order valence-electron chi connectivity index (χ4n) is 4.12. The highest BCUT2D eigenvalue weighted by Gasteiger charge is 2.58. The van der Waals surface area contributed by atoms with Crippen molar-refractivity contribution in [1.29, 1.82) is 0 Å². The Kier molecular flexibility index (Phi) is 2.97. The maximum absolute atomic E-state index is 5.45. The molecule has 128 valence electrons. The Bertz CT molecular complexity index is 963. The average Bonchev–Trinajstić information content (AvgIpc) is 3.22. The van der Waals surface area contributed by atoms with E-state index in [1.807, 2.05) is 16.9 Å². The van der Waals surface area contributed by atoms with Gasteiger partial charge in [0.25, 0.3) is 0 Å². The number of nitrogens with one attached hydrogen (secondary N) is 1. The van der Waals surface area contributed by atoms with Crippen molar-refractivity contribution in [3.63, 3.8) is 0 Å². The van der Waals surface area contributed by atoms with E-state index in [0.29, 0.717) is 23.3 Å². The molecule has 0 radical (unpaired) electrons. The molecule has 5 rings (SSSR count). The summed E-state index contributed by atoms with van der Waals surface area (Å²) in [7, 11) is 3.17. The van der Waals surface area contributed by atoms with Crippen LogP contribution in [0.25, 0.3) is 11.2 Å². The first-order valence-electron chi connectivity index (χ1n) is 8.59. The van der Waals surface area contributed by atoms with Crippen molar-refractivity contribution < 1.29 is 9.47 Å². The third-order valence-corrected chi connectivity index (χ3v) is 5.74. The first-order chi connectivity index (χ1) is 12.2. The van der Waals surface area contributed by atoms with Gasteiger partial charge in [-0.3, -0.25) is 0 Å². The second-order valence-electron chi connectivity index (χ2n) is 6.99. The zero-order chi connectivity index (χ0) is 17.0. The van der Waals surface area contributed by atoms with Crippen LogP contribution in [0.5, 0.6) is 0 Å². The van der Waals surface area contributed by atoms with Crippen molar-refractivity contribution in [3.05, 3.63) is 35.9 Å². The van der Waals surface area contributed by atoms with Crippen LogP contribution >= 0.6 is 0 Å². The minimum absolute atomic E-state index is 0.403. The number of rotatable bonds is 2. The Morgan fingerprint density at radius 2 is 2.20 bits per heavy atom. The number of aromatic nitrogens is 3. The van der Waals surface area contributed by atoms with Gasteiger partial charge in [-0.15, -0.1) is 4.67 Å². The predicted molar refractivity (Wildman–Crippen MR) is 93.9 cm³/mol. The van der Waals surface area contributed by atoms with Crippen molar-refractivity contribution >= 4 is 23.1 Å². The molecule has 0 bridgehead atoms. The first-order valence-corrected chi connectivity index (χ1v) is 8.59. The molecule has 2 aromatic rings. The van der Waals surface area contributed by atoms with Crippen molar-refractivity contribution in [2.24, 2.45) is 5.41 Å². The van der Waals surface area contributed by atoms with Crippen LogP contribution in [-0.4, -0.2) is 40.7 Å². The zero-order valence-electron chi connectivity index (χ0n) is 14.3. The SMILES string of the molecule is COC1=[N+]=C(OC)C(c2cc(C3CC34CCC4)c3nccn3n2)=CN1. The molecule has 1 N–H and O–H groups in total. The van der Waals surface area contributed by atoms with Gasteiger partial charge in [0.05, 0.1) is 14.2 Å². The number of hydrogen-bond acceptors (Lipinski definition) is 5. The monoisotopic (exact) mass is 338 g/mol. The maximum atomic E-state index is 5.45. The first kappa shape index (κ1) is 14.5. The summed E-state index contributed by atoms with van der Waals surface area (Å²) in [6.45, 7) is 0. The van der Waals surface area contributed by atoms with Crippen molar-refractivity contribution in [3.8, 4) is 0 Å². The topological polar surface area (TPSA) is 74.8 Å². The molecule has 7 heteroatoms. The van der Waals surface area contributed by atoms with E-state index in [0.717, 1.165) is 16.9 Å². The van der Waals surface area contributed by atoms with Crippen LogP contribution in [0, 0.1) is 5.41 Å². The van der Waals surface area contributed by atoms with Gasteiger partial charge in [0.15, 0.2) is 5.65 Å². The van der Waals surface area contributed by atoms with Crippen LogP contribution in [0.1, 0.15) is 42.9 Å². The van der Waals surface area contributed by atoms with E-state index in [1.165, 1.54) is 31.2 Å². The lowest BCUT2D eigenvalue weighted by Crippen LogP contribution is -2.30. The van der Waals surface area contributed by atoms with Gasteiger partial charge in [0.1, 0.15) is 17.5 Å². The number of nitrogens with zero attached hydrogens (tertiary/aromatic N) is 4. The lowest BCUT2D eigenvalue weighted by Gasteiger charge is -2.27. The molecular weight excluding hydrogens is 318 g/mol. The summed E-state index contributed by atoms with van der Waals surface area (Å²) in [6.07, 6.45) is 10.8. The fraction of sp³-hybridized carbons (Fsp3) is 0.444. The summed E-state index contributed by atoms with van der Waals surface area (Å²) in [5.74, 6) is 1.08. The molecule has 3 aliphatic rings. The molecule has 7 nitrogen and oxygen atoms in total. The normalized spacial score (nSPS) is 23.3. The van der Waals surface area contributed by atoms with Crippen molar-refractivity contribution in [2.75, 3.05) is 14.2 Å². The van der Waals surface area contributed by atoms with Crippen LogP contribution in [0.15, 0.2) is 24.7 Å². The highest BCUT2D eigenvalue weighted by molar-refractivity contribution is 6.20. The minimum atomic E-state index is 0.403. The Morgan fingerprint density at radius 1 is 1.32 bits per heavy atom. The second kappa shape index (κ2) is 5.10. The molecule has 0 aromatic carbocycles.